The second-order valence-corrected chi connectivity index (χ2v) is 5.28. The third-order valence-electron chi connectivity index (χ3n) is 3.35. The standard InChI is InChI=1S/C16H23NO3/c1-5-6-7-13(16(19)20)17-15(18)14-11(3)8-10(2)9-12(14)4/h8-9,13H,5-7H2,1-4H3,(H,17,18)(H,19,20). The molecule has 110 valence electrons. The van der Waals surface area contributed by atoms with E-state index >= 15 is 0 Å². The van der Waals surface area contributed by atoms with E-state index < -0.39 is 12.0 Å². The van der Waals surface area contributed by atoms with Crippen LogP contribution in [0.2, 0.25) is 0 Å². The highest BCUT2D eigenvalue weighted by atomic mass is 16.4. The molecule has 4 heteroatoms. The van der Waals surface area contributed by atoms with Crippen LogP contribution in [0.1, 0.15) is 53.2 Å². The molecule has 0 aromatic heterocycles. The number of carboxylic acid groups (broad SMARTS) is 1. The van der Waals surface area contributed by atoms with E-state index in [4.69, 9.17) is 5.11 Å². The molecule has 0 fully saturated rings. The number of aliphatic carboxylic acids is 1. The Morgan fingerprint density at radius 2 is 1.75 bits per heavy atom. The third-order valence-corrected chi connectivity index (χ3v) is 3.35. The summed E-state index contributed by atoms with van der Waals surface area (Å²) in [5.41, 5.74) is 3.43. The maximum Gasteiger partial charge on any atom is 0.326 e. The van der Waals surface area contributed by atoms with Crippen LogP contribution in [-0.4, -0.2) is 23.0 Å². The van der Waals surface area contributed by atoms with E-state index in [-0.39, 0.29) is 5.91 Å². The molecule has 1 unspecified atom stereocenters. The van der Waals surface area contributed by atoms with Gasteiger partial charge in [-0.15, -0.1) is 0 Å². The smallest absolute Gasteiger partial charge is 0.326 e. The van der Waals surface area contributed by atoms with Gasteiger partial charge >= 0.3 is 5.97 Å². The topological polar surface area (TPSA) is 66.4 Å². The number of carbonyl (C=O) groups excluding carboxylic acids is 1. The molecule has 4 nitrogen and oxygen atoms in total. The zero-order valence-corrected chi connectivity index (χ0v) is 12.6. The summed E-state index contributed by atoms with van der Waals surface area (Å²) in [4.78, 5) is 23.5. The minimum atomic E-state index is -0.978. The second kappa shape index (κ2) is 7.08. The molecule has 1 rings (SSSR count). The lowest BCUT2D eigenvalue weighted by Gasteiger charge is -2.16. The average molecular weight is 277 g/mol. The van der Waals surface area contributed by atoms with Crippen molar-refractivity contribution in [3.8, 4) is 0 Å². The molecule has 1 aromatic rings. The van der Waals surface area contributed by atoms with E-state index in [1.54, 1.807) is 0 Å². The third kappa shape index (κ3) is 4.08. The van der Waals surface area contributed by atoms with Crippen LogP contribution in [0.15, 0.2) is 12.1 Å². The van der Waals surface area contributed by atoms with Gasteiger partial charge in [0.25, 0.3) is 5.91 Å². The first-order chi connectivity index (χ1) is 9.36. The molecule has 0 radical (unpaired) electrons. The summed E-state index contributed by atoms with van der Waals surface area (Å²) in [5, 5.41) is 11.8. The Morgan fingerprint density at radius 3 is 2.20 bits per heavy atom. The molecule has 20 heavy (non-hydrogen) atoms. The van der Waals surface area contributed by atoms with Gasteiger partial charge in [-0.2, -0.15) is 0 Å². The summed E-state index contributed by atoms with van der Waals surface area (Å²) in [5.74, 6) is -1.28. The zero-order valence-electron chi connectivity index (χ0n) is 12.6. The van der Waals surface area contributed by atoms with Gasteiger partial charge in [-0.1, -0.05) is 37.5 Å². The van der Waals surface area contributed by atoms with Gasteiger partial charge < -0.3 is 10.4 Å². The van der Waals surface area contributed by atoms with Crippen molar-refractivity contribution in [2.24, 2.45) is 0 Å². The van der Waals surface area contributed by atoms with Crippen molar-refractivity contribution in [2.75, 3.05) is 0 Å². The molecule has 1 aromatic carbocycles. The number of hydrogen-bond donors (Lipinski definition) is 2. The van der Waals surface area contributed by atoms with Gasteiger partial charge in [0.05, 0.1) is 0 Å². The summed E-state index contributed by atoms with van der Waals surface area (Å²) in [6.45, 7) is 7.71. The van der Waals surface area contributed by atoms with E-state index in [9.17, 15) is 9.59 Å². The zero-order chi connectivity index (χ0) is 15.3. The maximum absolute atomic E-state index is 12.3. The summed E-state index contributed by atoms with van der Waals surface area (Å²) in [6.07, 6.45) is 2.15. The normalized spacial score (nSPS) is 12.0. The monoisotopic (exact) mass is 277 g/mol. The van der Waals surface area contributed by atoms with Crippen LogP contribution in [0.25, 0.3) is 0 Å². The second-order valence-electron chi connectivity index (χ2n) is 5.28. The summed E-state index contributed by atoms with van der Waals surface area (Å²) in [6, 6.07) is 3.05. The first kappa shape index (κ1) is 16.2. The number of nitrogens with one attached hydrogen (secondary N) is 1. The highest BCUT2D eigenvalue weighted by Gasteiger charge is 2.21. The Labute approximate surface area is 120 Å². The van der Waals surface area contributed by atoms with Gasteiger partial charge in [-0.05, 0) is 38.3 Å². The van der Waals surface area contributed by atoms with Gasteiger partial charge in [0, 0.05) is 5.56 Å². The number of unbranched alkanes of at least 4 members (excludes halogenated alkanes) is 1. The molecule has 0 saturated heterocycles. The van der Waals surface area contributed by atoms with Crippen LogP contribution in [0.3, 0.4) is 0 Å². The minimum absolute atomic E-state index is 0.302. The van der Waals surface area contributed by atoms with Crippen molar-refractivity contribution in [1.29, 1.82) is 0 Å². The van der Waals surface area contributed by atoms with Crippen molar-refractivity contribution < 1.29 is 14.7 Å². The van der Waals surface area contributed by atoms with E-state index in [1.807, 2.05) is 39.8 Å². The SMILES string of the molecule is CCCCC(NC(=O)c1c(C)cc(C)cc1C)C(=O)O. The summed E-state index contributed by atoms with van der Waals surface area (Å²) in [7, 11) is 0. The average Bonchev–Trinajstić information content (AvgIpc) is 2.32. The molecule has 0 saturated carbocycles. The number of benzene rings is 1. The number of amides is 1. The Bertz CT molecular complexity index is 485. The van der Waals surface area contributed by atoms with Crippen molar-refractivity contribution >= 4 is 11.9 Å². The predicted octanol–water partition coefficient (Wildman–Crippen LogP) is 2.99. The molecular weight excluding hydrogens is 254 g/mol. The maximum atomic E-state index is 12.3. The van der Waals surface area contributed by atoms with Crippen molar-refractivity contribution in [3.05, 3.63) is 34.4 Å². The van der Waals surface area contributed by atoms with Gasteiger partial charge in [0.1, 0.15) is 6.04 Å². The Hall–Kier alpha value is -1.84. The molecule has 0 spiro atoms. The van der Waals surface area contributed by atoms with Crippen LogP contribution in [0, 0.1) is 20.8 Å². The van der Waals surface area contributed by atoms with Crippen molar-refractivity contribution in [2.45, 2.75) is 53.0 Å². The van der Waals surface area contributed by atoms with Crippen LogP contribution in [0.5, 0.6) is 0 Å². The van der Waals surface area contributed by atoms with Gasteiger partial charge in [-0.3, -0.25) is 4.79 Å². The largest absolute Gasteiger partial charge is 0.480 e. The summed E-state index contributed by atoms with van der Waals surface area (Å²) < 4.78 is 0. The van der Waals surface area contributed by atoms with E-state index in [0.717, 1.165) is 29.5 Å². The van der Waals surface area contributed by atoms with Crippen molar-refractivity contribution in [3.63, 3.8) is 0 Å². The fraction of sp³-hybridized carbons (Fsp3) is 0.500. The molecule has 0 aliphatic carbocycles. The fourth-order valence-corrected chi connectivity index (χ4v) is 2.43. The van der Waals surface area contributed by atoms with Crippen molar-refractivity contribution in [1.82, 2.24) is 5.32 Å². The lowest BCUT2D eigenvalue weighted by atomic mass is 9.98. The lowest BCUT2D eigenvalue weighted by Crippen LogP contribution is -2.41. The molecule has 1 atom stereocenters. The van der Waals surface area contributed by atoms with Crippen LogP contribution >= 0.6 is 0 Å². The van der Waals surface area contributed by atoms with E-state index in [2.05, 4.69) is 5.32 Å². The summed E-state index contributed by atoms with van der Waals surface area (Å²) >= 11 is 0. The van der Waals surface area contributed by atoms with Crippen LogP contribution < -0.4 is 5.32 Å². The fourth-order valence-electron chi connectivity index (χ4n) is 2.43. The number of carboxylic acids is 1. The molecule has 0 aliphatic rings. The Balaban J connectivity index is 2.92. The van der Waals surface area contributed by atoms with Crippen LogP contribution in [0.4, 0.5) is 0 Å². The number of rotatable bonds is 6. The first-order valence-electron chi connectivity index (χ1n) is 6.98. The van der Waals surface area contributed by atoms with E-state index in [1.165, 1.54) is 0 Å². The number of aryl methyl sites for hydroxylation is 3. The molecule has 1 amide bonds. The Kier molecular flexibility index (Phi) is 5.74. The quantitative estimate of drug-likeness (QED) is 0.840. The molecular formula is C16H23NO3. The highest BCUT2D eigenvalue weighted by Crippen LogP contribution is 2.16. The van der Waals surface area contributed by atoms with Gasteiger partial charge in [0.2, 0.25) is 0 Å². The molecule has 0 aliphatic heterocycles. The lowest BCUT2D eigenvalue weighted by molar-refractivity contribution is -0.139. The highest BCUT2D eigenvalue weighted by molar-refractivity contribution is 5.99. The van der Waals surface area contributed by atoms with Crippen LogP contribution in [-0.2, 0) is 4.79 Å². The minimum Gasteiger partial charge on any atom is -0.480 e. The predicted molar refractivity (Wildman–Crippen MR) is 79.1 cm³/mol. The molecule has 0 bridgehead atoms. The molecule has 2 N–H and O–H groups in total. The molecule has 0 heterocycles. The van der Waals surface area contributed by atoms with Gasteiger partial charge in [0.15, 0.2) is 0 Å². The number of hydrogen-bond acceptors (Lipinski definition) is 2. The van der Waals surface area contributed by atoms with Gasteiger partial charge in [-0.25, -0.2) is 4.79 Å². The van der Waals surface area contributed by atoms with E-state index in [0.29, 0.717) is 12.0 Å². The number of carbonyl (C=O) groups is 2. The Morgan fingerprint density at radius 1 is 1.20 bits per heavy atom. The first-order valence-corrected chi connectivity index (χ1v) is 6.98.